The average molecular weight is 468 g/mol. The minimum absolute atomic E-state index is 0.0185. The van der Waals surface area contributed by atoms with Crippen molar-refractivity contribution < 1.29 is 19.2 Å². The minimum Gasteiger partial charge on any atom is -0.465 e. The Morgan fingerprint density at radius 3 is 2.73 bits per heavy atom. The van der Waals surface area contributed by atoms with Crippen molar-refractivity contribution in [3.63, 3.8) is 0 Å². The summed E-state index contributed by atoms with van der Waals surface area (Å²) < 4.78 is 12.3. The molecule has 0 saturated heterocycles. The lowest BCUT2D eigenvalue weighted by Crippen LogP contribution is -2.21. The lowest BCUT2D eigenvalue weighted by Gasteiger charge is -2.15. The predicted molar refractivity (Wildman–Crippen MR) is 120 cm³/mol. The lowest BCUT2D eigenvalue weighted by atomic mass is 10.1. The molecule has 30 heavy (non-hydrogen) atoms. The van der Waals surface area contributed by atoms with Crippen molar-refractivity contribution in [2.75, 3.05) is 13.7 Å². The highest BCUT2D eigenvalue weighted by molar-refractivity contribution is 7.20. The number of nitro groups is 1. The number of halogens is 1. The fourth-order valence-electron chi connectivity index (χ4n) is 2.89. The van der Waals surface area contributed by atoms with E-state index in [4.69, 9.17) is 16.3 Å². The van der Waals surface area contributed by atoms with Crippen LogP contribution in [0.5, 0.6) is 0 Å². The van der Waals surface area contributed by atoms with Gasteiger partial charge in [0.1, 0.15) is 15.9 Å². The number of rotatable bonds is 8. The van der Waals surface area contributed by atoms with Crippen molar-refractivity contribution in [2.24, 2.45) is 0 Å². The van der Waals surface area contributed by atoms with Gasteiger partial charge in [-0.2, -0.15) is 0 Å². The van der Waals surface area contributed by atoms with E-state index in [1.54, 1.807) is 18.5 Å². The van der Waals surface area contributed by atoms with Crippen LogP contribution in [0.2, 0.25) is 30.0 Å². The van der Waals surface area contributed by atoms with Gasteiger partial charge in [0.2, 0.25) is 0 Å². The minimum atomic E-state index is -1.15. The van der Waals surface area contributed by atoms with E-state index >= 15 is 0 Å². The molecular formula is C19H22ClN3O5SSi. The van der Waals surface area contributed by atoms with E-state index in [1.807, 2.05) is 10.6 Å². The summed E-state index contributed by atoms with van der Waals surface area (Å²) in [5.41, 5.74) is 1.49. The van der Waals surface area contributed by atoms with Crippen LogP contribution in [0, 0.1) is 10.1 Å². The molecule has 0 spiro atoms. The van der Waals surface area contributed by atoms with Crippen molar-refractivity contribution in [1.29, 1.82) is 0 Å². The zero-order valence-electron chi connectivity index (χ0n) is 17.1. The summed E-state index contributed by atoms with van der Waals surface area (Å²) in [4.78, 5) is 27.7. The molecule has 0 aliphatic carbocycles. The Morgan fingerprint density at radius 1 is 1.37 bits per heavy atom. The maximum Gasteiger partial charge on any atom is 0.347 e. The molecule has 3 aromatic rings. The Hall–Kier alpha value is -2.27. The summed E-state index contributed by atoms with van der Waals surface area (Å²) in [5, 5.41) is 11.6. The molecule has 2 aromatic heterocycles. The number of carbonyl (C=O) groups excluding carboxylic acids is 1. The quantitative estimate of drug-likeness (QED) is 0.144. The van der Waals surface area contributed by atoms with E-state index in [0.717, 1.165) is 30.0 Å². The number of imidazole rings is 1. The lowest BCUT2D eigenvalue weighted by molar-refractivity contribution is -0.384. The van der Waals surface area contributed by atoms with Crippen LogP contribution >= 0.6 is 22.9 Å². The number of fused-ring (bicyclic) bond motifs is 1. The van der Waals surface area contributed by atoms with E-state index in [1.165, 1.54) is 0 Å². The summed E-state index contributed by atoms with van der Waals surface area (Å²) in [6.45, 7) is 7.98. The van der Waals surface area contributed by atoms with Gasteiger partial charge in [-0.3, -0.25) is 10.1 Å². The number of thiophene rings is 1. The van der Waals surface area contributed by atoms with Crippen LogP contribution in [0.4, 0.5) is 5.69 Å². The molecular weight excluding hydrogens is 446 g/mol. The summed E-state index contributed by atoms with van der Waals surface area (Å²) in [6, 6.07) is 6.40. The summed E-state index contributed by atoms with van der Waals surface area (Å²) >= 11 is 7.09. The SMILES string of the molecule is COC(=O)c1c(Cl)sc(-c2ccc3c(c2)ncn3COCC[Si](C)(C)C)c1[N+](=O)[O-]. The van der Waals surface area contributed by atoms with Crippen LogP contribution in [-0.4, -0.2) is 42.2 Å². The molecule has 0 bridgehead atoms. The van der Waals surface area contributed by atoms with Crippen molar-refractivity contribution in [2.45, 2.75) is 32.4 Å². The number of benzene rings is 1. The van der Waals surface area contributed by atoms with Gasteiger partial charge in [0.25, 0.3) is 0 Å². The molecule has 0 unspecified atom stereocenters. The van der Waals surface area contributed by atoms with Gasteiger partial charge in [-0.25, -0.2) is 9.78 Å². The molecule has 1 aromatic carbocycles. The van der Waals surface area contributed by atoms with Crippen molar-refractivity contribution in [1.82, 2.24) is 9.55 Å². The summed E-state index contributed by atoms with van der Waals surface area (Å²) in [6.07, 6.45) is 1.68. The molecule has 0 aliphatic heterocycles. The first kappa shape index (κ1) is 22.4. The largest absolute Gasteiger partial charge is 0.465 e. The van der Waals surface area contributed by atoms with Crippen LogP contribution in [0.1, 0.15) is 10.4 Å². The molecule has 11 heteroatoms. The second-order valence-corrected chi connectivity index (χ2v) is 15.2. The first-order chi connectivity index (χ1) is 14.1. The molecule has 0 radical (unpaired) electrons. The van der Waals surface area contributed by atoms with Crippen LogP contribution in [0.25, 0.3) is 21.5 Å². The normalized spacial score (nSPS) is 11.8. The molecule has 0 atom stereocenters. The molecule has 0 saturated carbocycles. The number of hydrogen-bond donors (Lipinski definition) is 0. The van der Waals surface area contributed by atoms with E-state index in [0.29, 0.717) is 24.4 Å². The van der Waals surface area contributed by atoms with E-state index in [-0.39, 0.29) is 20.5 Å². The molecule has 0 aliphatic rings. The van der Waals surface area contributed by atoms with Crippen molar-refractivity contribution in [3.8, 4) is 10.4 Å². The molecule has 0 fully saturated rings. The standard InChI is InChI=1S/C19H22ClN3O5SSi/c1-27-19(24)15-16(23(25)26)17(29-18(15)20)12-5-6-14-13(9-12)21-10-22(14)11-28-7-8-30(2,3)4/h5-6,9-10H,7-8,11H2,1-4H3. The maximum absolute atomic E-state index is 12.0. The highest BCUT2D eigenvalue weighted by atomic mass is 35.5. The fourth-order valence-corrected chi connectivity index (χ4v) is 5.03. The van der Waals surface area contributed by atoms with E-state index < -0.39 is 19.0 Å². The third-order valence-electron chi connectivity index (χ3n) is 4.52. The van der Waals surface area contributed by atoms with Gasteiger partial charge in [-0.15, -0.1) is 11.3 Å². The fraction of sp³-hybridized carbons (Fsp3) is 0.368. The topological polar surface area (TPSA) is 96.5 Å². The molecule has 8 nitrogen and oxygen atoms in total. The van der Waals surface area contributed by atoms with Crippen LogP contribution in [-0.2, 0) is 16.2 Å². The number of esters is 1. The molecule has 160 valence electrons. The molecule has 3 rings (SSSR count). The Balaban J connectivity index is 1.90. The van der Waals surface area contributed by atoms with Crippen LogP contribution in [0.15, 0.2) is 24.5 Å². The number of methoxy groups -OCH3 is 1. The number of nitrogens with zero attached hydrogens (tertiary/aromatic N) is 3. The highest BCUT2D eigenvalue weighted by Gasteiger charge is 2.33. The second-order valence-electron chi connectivity index (χ2n) is 7.94. The zero-order chi connectivity index (χ0) is 22.1. The van der Waals surface area contributed by atoms with Crippen LogP contribution in [0.3, 0.4) is 0 Å². The summed E-state index contributed by atoms with van der Waals surface area (Å²) in [7, 11) is 0.00316. The Labute approximate surface area is 183 Å². The molecule has 0 amide bonds. The number of aromatic nitrogens is 2. The van der Waals surface area contributed by atoms with Gasteiger partial charge in [0.05, 0.1) is 29.4 Å². The van der Waals surface area contributed by atoms with Gasteiger partial charge in [0, 0.05) is 20.2 Å². The van der Waals surface area contributed by atoms with Gasteiger partial charge >= 0.3 is 11.7 Å². The highest BCUT2D eigenvalue weighted by Crippen LogP contribution is 2.45. The number of carbonyl (C=O) groups is 1. The van der Waals surface area contributed by atoms with Gasteiger partial charge in [0.15, 0.2) is 5.56 Å². The van der Waals surface area contributed by atoms with Gasteiger partial charge in [-0.1, -0.05) is 37.3 Å². The van der Waals surface area contributed by atoms with Gasteiger partial charge < -0.3 is 14.0 Å². The average Bonchev–Trinajstić information content (AvgIpc) is 3.24. The zero-order valence-corrected chi connectivity index (χ0v) is 19.7. The number of ether oxygens (including phenoxy) is 2. The second kappa shape index (κ2) is 8.84. The smallest absolute Gasteiger partial charge is 0.347 e. The third kappa shape index (κ3) is 4.72. The Bertz CT molecular complexity index is 1110. The number of hydrogen-bond acceptors (Lipinski definition) is 7. The monoisotopic (exact) mass is 467 g/mol. The predicted octanol–water partition coefficient (Wildman–Crippen LogP) is 5.43. The van der Waals surface area contributed by atoms with Crippen LogP contribution < -0.4 is 0 Å². The van der Waals surface area contributed by atoms with Crippen molar-refractivity contribution in [3.05, 3.63) is 44.5 Å². The first-order valence-electron chi connectivity index (χ1n) is 9.20. The Morgan fingerprint density at radius 2 is 2.10 bits per heavy atom. The molecule has 0 N–H and O–H groups in total. The van der Waals surface area contributed by atoms with Gasteiger partial charge in [-0.05, 0) is 18.2 Å². The van der Waals surface area contributed by atoms with E-state index in [2.05, 4.69) is 29.4 Å². The third-order valence-corrected chi connectivity index (χ3v) is 7.66. The maximum atomic E-state index is 12.0. The van der Waals surface area contributed by atoms with Crippen molar-refractivity contribution >= 4 is 53.7 Å². The first-order valence-corrected chi connectivity index (χ1v) is 14.1. The van der Waals surface area contributed by atoms with E-state index in [9.17, 15) is 14.9 Å². The Kier molecular flexibility index (Phi) is 6.61. The summed E-state index contributed by atoms with van der Waals surface area (Å²) in [5.74, 6) is -0.838. The molecule has 2 heterocycles.